The second-order valence-electron chi connectivity index (χ2n) is 14.2. The molecular weight excluding hydrogens is 719 g/mol. The first-order valence-corrected chi connectivity index (χ1v) is 19.7. The van der Waals surface area contributed by atoms with Crippen LogP contribution < -0.4 is 0 Å². The van der Waals surface area contributed by atoms with Crippen LogP contribution in [0.25, 0.3) is 115 Å². The maximum absolute atomic E-state index is 6.82. The average molecular weight is 748 g/mol. The molecular formula is C50H29N5OS. The summed E-state index contributed by atoms with van der Waals surface area (Å²) < 4.78 is 11.6. The Morgan fingerprint density at radius 3 is 1.88 bits per heavy atom. The Morgan fingerprint density at radius 1 is 0.421 bits per heavy atom. The molecule has 0 spiro atoms. The fourth-order valence-electron chi connectivity index (χ4n) is 8.38. The highest BCUT2D eigenvalue weighted by Gasteiger charge is 2.24. The Labute approximate surface area is 330 Å². The minimum absolute atomic E-state index is 0.560. The van der Waals surface area contributed by atoms with E-state index < -0.39 is 0 Å². The number of para-hydroxylation sites is 2. The monoisotopic (exact) mass is 747 g/mol. The molecule has 0 atom stereocenters. The fourth-order valence-corrected chi connectivity index (χ4v) is 9.51. The lowest BCUT2D eigenvalue weighted by molar-refractivity contribution is 0.623. The maximum Gasteiger partial charge on any atom is 0.227 e. The highest BCUT2D eigenvalue weighted by molar-refractivity contribution is 7.25. The number of hydrogen-bond donors (Lipinski definition) is 0. The molecule has 0 N–H and O–H groups in total. The van der Waals surface area contributed by atoms with Gasteiger partial charge < -0.3 is 8.98 Å². The van der Waals surface area contributed by atoms with Crippen molar-refractivity contribution in [1.29, 1.82) is 0 Å². The predicted octanol–water partition coefficient (Wildman–Crippen LogP) is 13.3. The summed E-state index contributed by atoms with van der Waals surface area (Å²) in [5.41, 5.74) is 8.37. The van der Waals surface area contributed by atoms with Crippen molar-refractivity contribution in [1.82, 2.24) is 24.5 Å². The Hall–Kier alpha value is -7.48. The second-order valence-corrected chi connectivity index (χ2v) is 15.3. The summed E-state index contributed by atoms with van der Waals surface area (Å²) in [6.45, 7) is 0. The van der Waals surface area contributed by atoms with Crippen LogP contribution >= 0.6 is 11.3 Å². The van der Waals surface area contributed by atoms with Crippen molar-refractivity contribution >= 4 is 75.2 Å². The zero-order valence-electron chi connectivity index (χ0n) is 30.3. The predicted molar refractivity (Wildman–Crippen MR) is 234 cm³/mol. The van der Waals surface area contributed by atoms with Gasteiger partial charge in [-0.25, -0.2) is 19.9 Å². The Bertz CT molecular complexity index is 3520. The van der Waals surface area contributed by atoms with Crippen LogP contribution in [0.4, 0.5) is 0 Å². The summed E-state index contributed by atoms with van der Waals surface area (Å²) in [5.74, 6) is 2.35. The molecule has 4 heterocycles. The summed E-state index contributed by atoms with van der Waals surface area (Å²) in [6, 6.07) is 60.8. The third-order valence-electron chi connectivity index (χ3n) is 10.9. The van der Waals surface area contributed by atoms with Gasteiger partial charge in [-0.15, -0.1) is 11.3 Å². The summed E-state index contributed by atoms with van der Waals surface area (Å²) in [4.78, 5) is 21.0. The van der Waals surface area contributed by atoms with Crippen LogP contribution in [-0.2, 0) is 0 Å². The molecule has 0 saturated carbocycles. The van der Waals surface area contributed by atoms with Gasteiger partial charge in [-0.3, -0.25) is 0 Å². The average Bonchev–Trinajstić information content (AvgIpc) is 3.99. The van der Waals surface area contributed by atoms with Crippen molar-refractivity contribution in [2.45, 2.75) is 0 Å². The molecule has 0 saturated heterocycles. The van der Waals surface area contributed by atoms with Crippen LogP contribution in [0.1, 0.15) is 0 Å². The molecule has 266 valence electrons. The molecule has 0 radical (unpaired) electrons. The van der Waals surface area contributed by atoms with Crippen molar-refractivity contribution in [2.75, 3.05) is 0 Å². The van der Waals surface area contributed by atoms with Gasteiger partial charge in [0.05, 0.1) is 11.0 Å². The number of oxazole rings is 1. The van der Waals surface area contributed by atoms with Crippen LogP contribution in [0.3, 0.4) is 0 Å². The van der Waals surface area contributed by atoms with Crippen LogP contribution in [0.5, 0.6) is 0 Å². The minimum atomic E-state index is 0.560. The Kier molecular flexibility index (Phi) is 7.00. The van der Waals surface area contributed by atoms with Gasteiger partial charge in [0.2, 0.25) is 5.89 Å². The van der Waals surface area contributed by atoms with Gasteiger partial charge in [-0.05, 0) is 60.0 Å². The van der Waals surface area contributed by atoms with Crippen LogP contribution in [0.2, 0.25) is 0 Å². The van der Waals surface area contributed by atoms with Crippen molar-refractivity contribution in [2.24, 2.45) is 0 Å². The zero-order chi connectivity index (χ0) is 37.5. The van der Waals surface area contributed by atoms with E-state index in [0.717, 1.165) is 77.0 Å². The first-order valence-electron chi connectivity index (χ1n) is 18.9. The maximum atomic E-state index is 6.82. The first-order chi connectivity index (χ1) is 28.3. The molecule has 12 rings (SSSR count). The van der Waals surface area contributed by atoms with Crippen LogP contribution in [0, 0.1) is 0 Å². The first kappa shape index (κ1) is 31.8. The van der Waals surface area contributed by atoms with Gasteiger partial charge in [0.1, 0.15) is 5.52 Å². The number of rotatable bonds is 5. The van der Waals surface area contributed by atoms with Gasteiger partial charge >= 0.3 is 0 Å². The number of thiophene rings is 1. The van der Waals surface area contributed by atoms with Gasteiger partial charge in [0, 0.05) is 64.3 Å². The van der Waals surface area contributed by atoms with Crippen molar-refractivity contribution in [3.8, 4) is 51.3 Å². The third kappa shape index (κ3) is 4.96. The largest absolute Gasteiger partial charge is 0.435 e. The topological polar surface area (TPSA) is 69.6 Å². The minimum Gasteiger partial charge on any atom is -0.435 e. The molecule has 0 aliphatic heterocycles. The summed E-state index contributed by atoms with van der Waals surface area (Å²) in [7, 11) is 0. The van der Waals surface area contributed by atoms with Gasteiger partial charge in [-0.1, -0.05) is 121 Å². The van der Waals surface area contributed by atoms with E-state index in [1.165, 1.54) is 14.8 Å². The smallest absolute Gasteiger partial charge is 0.227 e. The number of benzene rings is 8. The summed E-state index contributed by atoms with van der Waals surface area (Å²) in [6.07, 6.45) is 0. The van der Waals surface area contributed by atoms with Crippen LogP contribution in [-0.4, -0.2) is 24.5 Å². The normalized spacial score (nSPS) is 11.9. The number of nitrogens with zero attached hydrogens (tertiary/aromatic N) is 5. The molecule has 7 heteroatoms. The standard InChI is InChI=1S/C50H29N5OS/c1-4-15-30(16-5-1)47-52-48(36-23-14-26-42-43(36)35-22-11-13-25-41(35)57-42)54-49(53-47)37-29-38-46(56-50(51-38)31-17-6-2-7-18-31)45-33(37)27-28-40-44(45)34-21-10-12-24-39(34)55(40)32-19-8-3-9-20-32/h1-29H. The third-order valence-corrected chi connectivity index (χ3v) is 12.0. The SMILES string of the molecule is c1ccc(-c2nc(-c3cc4nc(-c5ccccc5)oc4c4c3ccc3c4c4ccccc4n3-c3ccccc3)nc(-c3cccc4sc5ccccc5c34)n2)cc1. The molecule has 0 aliphatic carbocycles. The molecule has 6 nitrogen and oxygen atoms in total. The van der Waals surface area contributed by atoms with Gasteiger partial charge in [0.15, 0.2) is 23.1 Å². The van der Waals surface area contributed by atoms with Crippen molar-refractivity contribution in [3.63, 3.8) is 0 Å². The second kappa shape index (κ2) is 12.5. The molecule has 0 bridgehead atoms. The van der Waals surface area contributed by atoms with E-state index in [1.807, 2.05) is 48.5 Å². The number of fused-ring (bicyclic) bond motifs is 10. The summed E-state index contributed by atoms with van der Waals surface area (Å²) >= 11 is 1.79. The highest BCUT2D eigenvalue weighted by Crippen LogP contribution is 2.45. The molecule has 0 amide bonds. The molecule has 8 aromatic carbocycles. The zero-order valence-corrected chi connectivity index (χ0v) is 31.1. The Balaban J connectivity index is 1.21. The van der Waals surface area contributed by atoms with E-state index in [4.69, 9.17) is 24.4 Å². The lowest BCUT2D eigenvalue weighted by Crippen LogP contribution is -2.01. The molecule has 0 unspecified atom stereocenters. The highest BCUT2D eigenvalue weighted by atomic mass is 32.1. The van der Waals surface area contributed by atoms with E-state index >= 15 is 0 Å². The fraction of sp³-hybridized carbons (Fsp3) is 0. The molecule has 12 aromatic rings. The van der Waals surface area contributed by atoms with Crippen molar-refractivity contribution in [3.05, 3.63) is 176 Å². The quantitative estimate of drug-likeness (QED) is 0.175. The molecule has 57 heavy (non-hydrogen) atoms. The lowest BCUT2D eigenvalue weighted by atomic mass is 9.98. The van der Waals surface area contributed by atoms with Gasteiger partial charge in [-0.2, -0.15) is 0 Å². The lowest BCUT2D eigenvalue weighted by Gasteiger charge is -2.12. The van der Waals surface area contributed by atoms with E-state index in [2.05, 4.69) is 132 Å². The molecule has 0 aliphatic rings. The Morgan fingerprint density at radius 2 is 1.07 bits per heavy atom. The van der Waals surface area contributed by atoms with E-state index in [-0.39, 0.29) is 0 Å². The van der Waals surface area contributed by atoms with Crippen LogP contribution in [0.15, 0.2) is 180 Å². The molecule has 4 aromatic heterocycles. The van der Waals surface area contributed by atoms with E-state index in [1.54, 1.807) is 11.3 Å². The van der Waals surface area contributed by atoms with Crippen molar-refractivity contribution < 1.29 is 4.42 Å². The molecule has 0 fully saturated rings. The number of aromatic nitrogens is 5. The number of hydrogen-bond acceptors (Lipinski definition) is 6. The summed E-state index contributed by atoms with van der Waals surface area (Å²) in [5, 5.41) is 6.48. The van der Waals surface area contributed by atoms with E-state index in [9.17, 15) is 0 Å². The van der Waals surface area contributed by atoms with Gasteiger partial charge in [0.25, 0.3) is 0 Å². The van der Waals surface area contributed by atoms with E-state index in [0.29, 0.717) is 23.4 Å².